The van der Waals surface area contributed by atoms with E-state index in [2.05, 4.69) is 17.1 Å². The fraction of sp³-hybridized carbons (Fsp3) is 0.286. The number of aliphatic hydroxyl groups is 1. The topological polar surface area (TPSA) is 67.4 Å². The van der Waals surface area contributed by atoms with E-state index < -0.39 is 6.29 Å². The van der Waals surface area contributed by atoms with Gasteiger partial charge < -0.3 is 19.6 Å². The lowest BCUT2D eigenvalue weighted by molar-refractivity contribution is -0.239. The number of nitrogens with zero attached hydrogens (tertiary/aromatic N) is 1. The number of aromatic amines is 1. The van der Waals surface area contributed by atoms with Crippen LogP contribution in [0.3, 0.4) is 0 Å². The largest absolute Gasteiger partial charge is 0.396 e. The van der Waals surface area contributed by atoms with Crippen LogP contribution in [0.25, 0.3) is 22.5 Å². The molecule has 1 aliphatic heterocycles. The van der Waals surface area contributed by atoms with E-state index in [1.54, 1.807) is 0 Å². The van der Waals surface area contributed by atoms with Gasteiger partial charge in [-0.15, -0.1) is 0 Å². The van der Waals surface area contributed by atoms with Crippen molar-refractivity contribution in [1.82, 2.24) is 9.97 Å². The molecule has 2 heterocycles. The van der Waals surface area contributed by atoms with Gasteiger partial charge in [0.1, 0.15) is 0 Å². The Hall–Kier alpha value is -2.47. The first-order chi connectivity index (χ1) is 12.7. The molecule has 5 heteroatoms. The van der Waals surface area contributed by atoms with Gasteiger partial charge in [0, 0.05) is 16.5 Å². The number of imidazole rings is 1. The third kappa shape index (κ3) is 3.29. The summed E-state index contributed by atoms with van der Waals surface area (Å²) in [4.78, 5) is 8.17. The Balaban J connectivity index is 1.71. The summed E-state index contributed by atoms with van der Waals surface area (Å²) in [6, 6.07) is 20.2. The molecule has 1 aliphatic rings. The number of benzene rings is 2. The van der Waals surface area contributed by atoms with Gasteiger partial charge in [-0.1, -0.05) is 67.6 Å². The maximum atomic E-state index is 9.47. The molecule has 2 N–H and O–H groups in total. The van der Waals surface area contributed by atoms with Crippen LogP contribution in [0.2, 0.25) is 0 Å². The Morgan fingerprint density at radius 2 is 1.58 bits per heavy atom. The van der Waals surface area contributed by atoms with Crippen LogP contribution < -0.4 is 0 Å². The van der Waals surface area contributed by atoms with Crippen molar-refractivity contribution < 1.29 is 14.6 Å². The number of nitrogens with one attached hydrogen (secondary N) is 1. The first-order valence-corrected chi connectivity index (χ1v) is 8.73. The molecule has 0 spiro atoms. The number of aromatic nitrogens is 2. The molecule has 1 saturated heterocycles. The van der Waals surface area contributed by atoms with Gasteiger partial charge >= 0.3 is 0 Å². The Morgan fingerprint density at radius 1 is 1.00 bits per heavy atom. The molecule has 0 bridgehead atoms. The third-order valence-corrected chi connectivity index (χ3v) is 4.60. The van der Waals surface area contributed by atoms with Crippen LogP contribution in [0, 0.1) is 5.41 Å². The quantitative estimate of drug-likeness (QED) is 0.751. The van der Waals surface area contributed by atoms with Crippen LogP contribution in [0.15, 0.2) is 60.7 Å². The van der Waals surface area contributed by atoms with Gasteiger partial charge in [-0.25, -0.2) is 4.98 Å². The molecule has 26 heavy (non-hydrogen) atoms. The van der Waals surface area contributed by atoms with Crippen molar-refractivity contribution >= 4 is 0 Å². The van der Waals surface area contributed by atoms with Crippen LogP contribution in [0.5, 0.6) is 0 Å². The summed E-state index contributed by atoms with van der Waals surface area (Å²) in [7, 11) is 0. The standard InChI is InChI=1S/C21H22N2O3/c1-21(12-24)13-25-20(26-14-21)19-22-17(15-8-4-2-5-9-15)18(23-19)16-10-6-3-7-11-16/h2-11,20,24H,12-14H2,1H3,(H,22,23)/t20-,21-. The Labute approximate surface area is 152 Å². The van der Waals surface area contributed by atoms with Crippen LogP contribution in [-0.2, 0) is 9.47 Å². The van der Waals surface area contributed by atoms with Gasteiger partial charge in [-0.05, 0) is 0 Å². The predicted molar refractivity (Wildman–Crippen MR) is 99.3 cm³/mol. The second-order valence-corrected chi connectivity index (χ2v) is 7.00. The molecule has 0 atom stereocenters. The number of ether oxygens (including phenoxy) is 2. The number of H-pyrrole nitrogens is 1. The van der Waals surface area contributed by atoms with E-state index in [-0.39, 0.29) is 12.0 Å². The molecule has 134 valence electrons. The molecule has 1 fully saturated rings. The van der Waals surface area contributed by atoms with Crippen molar-refractivity contribution in [3.8, 4) is 22.5 Å². The van der Waals surface area contributed by atoms with E-state index in [0.717, 1.165) is 22.5 Å². The molecule has 3 aromatic rings. The maximum Gasteiger partial charge on any atom is 0.217 e. The maximum absolute atomic E-state index is 9.47. The first kappa shape index (κ1) is 17.0. The second kappa shape index (κ2) is 7.03. The highest BCUT2D eigenvalue weighted by Gasteiger charge is 2.34. The number of aliphatic hydroxyl groups excluding tert-OH is 1. The number of hydrogen-bond acceptors (Lipinski definition) is 4. The van der Waals surface area contributed by atoms with Gasteiger partial charge in [-0.2, -0.15) is 0 Å². The van der Waals surface area contributed by atoms with E-state index >= 15 is 0 Å². The van der Waals surface area contributed by atoms with Crippen molar-refractivity contribution in [3.05, 3.63) is 66.5 Å². The fourth-order valence-electron chi connectivity index (χ4n) is 3.01. The van der Waals surface area contributed by atoms with E-state index in [0.29, 0.717) is 19.0 Å². The van der Waals surface area contributed by atoms with Crippen LogP contribution in [0.4, 0.5) is 0 Å². The minimum atomic E-state index is -0.561. The summed E-state index contributed by atoms with van der Waals surface area (Å²) in [6.45, 7) is 2.82. The molecular formula is C21H22N2O3. The lowest BCUT2D eigenvalue weighted by atomic mass is 9.94. The second-order valence-electron chi connectivity index (χ2n) is 7.00. The van der Waals surface area contributed by atoms with E-state index in [4.69, 9.17) is 14.5 Å². The highest BCUT2D eigenvalue weighted by molar-refractivity contribution is 5.78. The zero-order valence-corrected chi connectivity index (χ0v) is 14.7. The van der Waals surface area contributed by atoms with Crippen molar-refractivity contribution in [1.29, 1.82) is 0 Å². The van der Waals surface area contributed by atoms with Gasteiger partial charge in [0.25, 0.3) is 0 Å². The fourth-order valence-corrected chi connectivity index (χ4v) is 3.01. The van der Waals surface area contributed by atoms with Crippen molar-refractivity contribution in [3.63, 3.8) is 0 Å². The van der Waals surface area contributed by atoms with Gasteiger partial charge in [0.15, 0.2) is 5.82 Å². The van der Waals surface area contributed by atoms with Gasteiger partial charge in [0.05, 0.1) is 31.2 Å². The monoisotopic (exact) mass is 350 g/mol. The minimum Gasteiger partial charge on any atom is -0.396 e. The SMILES string of the molecule is C[C@]1(CO)CO[C@H](c2nc(-c3ccccc3)c(-c3ccccc3)[nH]2)OC1. The third-order valence-electron chi connectivity index (χ3n) is 4.60. The van der Waals surface area contributed by atoms with Crippen LogP contribution >= 0.6 is 0 Å². The Kier molecular flexibility index (Phi) is 4.59. The molecular weight excluding hydrogens is 328 g/mol. The van der Waals surface area contributed by atoms with E-state index in [1.807, 2.05) is 55.5 Å². The van der Waals surface area contributed by atoms with E-state index in [9.17, 15) is 5.11 Å². The molecule has 0 aliphatic carbocycles. The van der Waals surface area contributed by atoms with Crippen molar-refractivity contribution in [2.45, 2.75) is 13.2 Å². The smallest absolute Gasteiger partial charge is 0.217 e. The van der Waals surface area contributed by atoms with Gasteiger partial charge in [0.2, 0.25) is 6.29 Å². The molecule has 0 saturated carbocycles. The summed E-state index contributed by atoms with van der Waals surface area (Å²) in [5.41, 5.74) is 3.53. The summed E-state index contributed by atoms with van der Waals surface area (Å²) in [5.74, 6) is 0.641. The van der Waals surface area contributed by atoms with Crippen molar-refractivity contribution in [2.24, 2.45) is 5.41 Å². The molecule has 0 unspecified atom stereocenters. The minimum absolute atomic E-state index is 0.0302. The zero-order chi connectivity index (χ0) is 18.0. The first-order valence-electron chi connectivity index (χ1n) is 8.73. The lowest BCUT2D eigenvalue weighted by Gasteiger charge is -2.35. The normalized spacial score (nSPS) is 23.1. The molecule has 2 aromatic carbocycles. The van der Waals surface area contributed by atoms with Gasteiger partial charge in [-0.3, -0.25) is 0 Å². The highest BCUT2D eigenvalue weighted by Crippen LogP contribution is 2.35. The average Bonchev–Trinajstić information content (AvgIpc) is 3.15. The summed E-state index contributed by atoms with van der Waals surface area (Å²) >= 11 is 0. The molecule has 4 rings (SSSR count). The Morgan fingerprint density at radius 3 is 2.15 bits per heavy atom. The zero-order valence-electron chi connectivity index (χ0n) is 14.7. The van der Waals surface area contributed by atoms with Crippen LogP contribution in [0.1, 0.15) is 19.0 Å². The molecule has 5 nitrogen and oxygen atoms in total. The number of hydrogen-bond donors (Lipinski definition) is 2. The summed E-state index contributed by atoms with van der Waals surface area (Å²) in [5, 5.41) is 9.47. The lowest BCUT2D eigenvalue weighted by Crippen LogP contribution is -2.39. The van der Waals surface area contributed by atoms with E-state index in [1.165, 1.54) is 0 Å². The number of rotatable bonds is 4. The highest BCUT2D eigenvalue weighted by atomic mass is 16.7. The Bertz CT molecular complexity index is 796. The average molecular weight is 350 g/mol. The predicted octanol–water partition coefficient (Wildman–Crippen LogP) is 3.79. The van der Waals surface area contributed by atoms with Crippen molar-refractivity contribution in [2.75, 3.05) is 19.8 Å². The molecule has 0 radical (unpaired) electrons. The summed E-state index contributed by atoms with van der Waals surface area (Å²) < 4.78 is 11.7. The molecule has 0 amide bonds. The van der Waals surface area contributed by atoms with Crippen LogP contribution in [-0.4, -0.2) is 34.9 Å². The molecule has 1 aromatic heterocycles. The summed E-state index contributed by atoms with van der Waals surface area (Å²) in [6.07, 6.45) is -0.561.